The van der Waals surface area contributed by atoms with Gasteiger partial charge in [-0.1, -0.05) is 0 Å². The molecule has 0 bridgehead atoms. The number of rotatable bonds is 1. The second-order valence-corrected chi connectivity index (χ2v) is 4.51. The lowest BCUT2D eigenvalue weighted by Crippen LogP contribution is -2.40. The first-order valence-electron chi connectivity index (χ1n) is 5.31. The van der Waals surface area contributed by atoms with Crippen molar-refractivity contribution in [1.82, 2.24) is 0 Å². The lowest BCUT2D eigenvalue weighted by atomic mass is 9.72. The minimum absolute atomic E-state index is 0.0600. The average molecular weight is 224 g/mol. The first-order valence-corrected chi connectivity index (χ1v) is 5.31. The summed E-state index contributed by atoms with van der Waals surface area (Å²) in [5.41, 5.74) is 0. The van der Waals surface area contributed by atoms with Crippen LogP contribution in [0.4, 0.5) is 13.2 Å². The predicted molar refractivity (Wildman–Crippen MR) is 47.2 cm³/mol. The molecule has 2 aliphatic rings. The van der Waals surface area contributed by atoms with Crippen molar-refractivity contribution >= 4 is 0 Å². The molecule has 2 fully saturated rings. The monoisotopic (exact) mass is 224 g/mol. The summed E-state index contributed by atoms with van der Waals surface area (Å²) in [6.45, 7) is 0.382. The molecular weight excluding hydrogens is 209 g/mol. The molecule has 0 unspecified atom stereocenters. The third-order valence-corrected chi connectivity index (χ3v) is 3.67. The highest BCUT2D eigenvalue weighted by Crippen LogP contribution is 2.46. The molecule has 0 aromatic rings. The molecule has 5 heteroatoms. The van der Waals surface area contributed by atoms with E-state index >= 15 is 0 Å². The van der Waals surface area contributed by atoms with Crippen LogP contribution in [0.1, 0.15) is 19.3 Å². The Morgan fingerprint density at radius 2 is 2.00 bits per heavy atom. The maximum Gasteiger partial charge on any atom is 0.391 e. The first-order chi connectivity index (χ1) is 7.02. The number of fused-ring (bicyclic) bond motifs is 1. The summed E-state index contributed by atoms with van der Waals surface area (Å²) in [6.07, 6.45) is -3.51. The maximum atomic E-state index is 12.6. The number of hydrogen-bond donors (Lipinski definition) is 1. The molecule has 2 nitrogen and oxygen atoms in total. The Morgan fingerprint density at radius 3 is 2.60 bits per heavy atom. The maximum absolute atomic E-state index is 12.6. The molecular formula is C10H15F3O2. The van der Waals surface area contributed by atoms with Crippen LogP contribution in [-0.4, -0.2) is 30.6 Å². The van der Waals surface area contributed by atoms with Crippen molar-refractivity contribution in [2.24, 2.45) is 17.8 Å². The van der Waals surface area contributed by atoms with E-state index in [0.29, 0.717) is 6.61 Å². The van der Waals surface area contributed by atoms with Crippen molar-refractivity contribution in [2.45, 2.75) is 31.5 Å². The molecule has 1 aliphatic heterocycles. The van der Waals surface area contributed by atoms with Crippen LogP contribution in [0.3, 0.4) is 0 Å². The van der Waals surface area contributed by atoms with E-state index in [1.807, 2.05) is 0 Å². The molecule has 4 atom stereocenters. The molecule has 0 aromatic carbocycles. The van der Waals surface area contributed by atoms with Gasteiger partial charge in [0, 0.05) is 13.2 Å². The summed E-state index contributed by atoms with van der Waals surface area (Å²) in [7, 11) is 0. The highest BCUT2D eigenvalue weighted by molar-refractivity contribution is 4.91. The summed E-state index contributed by atoms with van der Waals surface area (Å²) >= 11 is 0. The van der Waals surface area contributed by atoms with Crippen LogP contribution in [-0.2, 0) is 4.74 Å². The van der Waals surface area contributed by atoms with Gasteiger partial charge < -0.3 is 9.84 Å². The van der Waals surface area contributed by atoms with Crippen molar-refractivity contribution in [3.63, 3.8) is 0 Å². The topological polar surface area (TPSA) is 29.5 Å². The fourth-order valence-corrected chi connectivity index (χ4v) is 2.84. The smallest absolute Gasteiger partial charge is 0.391 e. The fraction of sp³-hybridized carbons (Fsp3) is 1.00. The highest BCUT2D eigenvalue weighted by Gasteiger charge is 2.50. The van der Waals surface area contributed by atoms with Crippen molar-refractivity contribution in [3.8, 4) is 0 Å². The van der Waals surface area contributed by atoms with E-state index in [2.05, 4.69) is 0 Å². The number of aliphatic hydroxyl groups excluding tert-OH is 1. The molecule has 1 saturated carbocycles. The average Bonchev–Trinajstić information content (AvgIpc) is 2.62. The van der Waals surface area contributed by atoms with Gasteiger partial charge >= 0.3 is 6.18 Å². The summed E-state index contributed by atoms with van der Waals surface area (Å²) in [5.74, 6) is -1.40. The Balaban J connectivity index is 2.08. The molecule has 15 heavy (non-hydrogen) atoms. The lowest BCUT2D eigenvalue weighted by Gasteiger charge is -2.37. The lowest BCUT2D eigenvalue weighted by molar-refractivity contribution is -0.199. The van der Waals surface area contributed by atoms with Crippen molar-refractivity contribution in [2.75, 3.05) is 13.2 Å². The second-order valence-electron chi connectivity index (χ2n) is 4.51. The quantitative estimate of drug-likeness (QED) is 0.738. The molecule has 0 amide bonds. The molecule has 1 aliphatic carbocycles. The Labute approximate surface area is 86.4 Å². The Hall–Kier alpha value is -0.290. The van der Waals surface area contributed by atoms with Gasteiger partial charge in [-0.05, 0) is 31.1 Å². The fourth-order valence-electron chi connectivity index (χ4n) is 2.84. The Bertz CT molecular complexity index is 229. The number of halogens is 3. The molecule has 88 valence electrons. The minimum atomic E-state index is -4.15. The van der Waals surface area contributed by atoms with Crippen LogP contribution < -0.4 is 0 Å². The molecule has 2 rings (SSSR count). The highest BCUT2D eigenvalue weighted by atomic mass is 19.4. The Morgan fingerprint density at radius 1 is 1.27 bits per heavy atom. The largest absolute Gasteiger partial charge is 0.396 e. The predicted octanol–water partition coefficient (Wildman–Crippen LogP) is 1.97. The van der Waals surface area contributed by atoms with Gasteiger partial charge in [-0.3, -0.25) is 0 Å². The van der Waals surface area contributed by atoms with Crippen LogP contribution in [0.5, 0.6) is 0 Å². The van der Waals surface area contributed by atoms with E-state index in [-0.39, 0.29) is 37.4 Å². The zero-order chi connectivity index (χ0) is 11.1. The number of hydrogen-bond acceptors (Lipinski definition) is 2. The molecule has 0 spiro atoms. The van der Waals surface area contributed by atoms with Crippen molar-refractivity contribution < 1.29 is 23.0 Å². The molecule has 1 N–H and O–H groups in total. The minimum Gasteiger partial charge on any atom is -0.396 e. The van der Waals surface area contributed by atoms with E-state index < -0.39 is 12.1 Å². The summed E-state index contributed by atoms with van der Waals surface area (Å²) in [5, 5.41) is 9.10. The van der Waals surface area contributed by atoms with Crippen LogP contribution in [0.2, 0.25) is 0 Å². The van der Waals surface area contributed by atoms with Crippen LogP contribution in [0, 0.1) is 17.8 Å². The van der Waals surface area contributed by atoms with Gasteiger partial charge in [-0.15, -0.1) is 0 Å². The van der Waals surface area contributed by atoms with Gasteiger partial charge in [0.1, 0.15) is 0 Å². The van der Waals surface area contributed by atoms with E-state index in [1.54, 1.807) is 0 Å². The summed E-state index contributed by atoms with van der Waals surface area (Å²) in [4.78, 5) is 0. The molecule has 0 radical (unpaired) electrons. The zero-order valence-corrected chi connectivity index (χ0v) is 8.33. The SMILES string of the molecule is OC[C@H]1C[C@@H](C(F)(F)F)C[C@@H]2OCC[C@H]12. The molecule has 1 saturated heterocycles. The number of ether oxygens (including phenoxy) is 1. The van der Waals surface area contributed by atoms with Gasteiger partial charge in [0.15, 0.2) is 0 Å². The standard InChI is InChI=1S/C10H15F3O2/c11-10(12,13)7-3-6(5-14)8-1-2-15-9(8)4-7/h6-9,14H,1-5H2/t6-,7-,8-,9+/m1/s1. The normalized spacial score (nSPS) is 41.6. The van der Waals surface area contributed by atoms with Gasteiger partial charge in [0.25, 0.3) is 0 Å². The van der Waals surface area contributed by atoms with Gasteiger partial charge in [0.05, 0.1) is 12.0 Å². The van der Waals surface area contributed by atoms with Gasteiger partial charge in [0.2, 0.25) is 0 Å². The van der Waals surface area contributed by atoms with E-state index in [4.69, 9.17) is 9.84 Å². The number of aliphatic hydroxyl groups is 1. The van der Waals surface area contributed by atoms with E-state index in [0.717, 1.165) is 6.42 Å². The van der Waals surface area contributed by atoms with Crippen LogP contribution >= 0.6 is 0 Å². The third kappa shape index (κ3) is 2.13. The van der Waals surface area contributed by atoms with E-state index in [9.17, 15) is 13.2 Å². The first kappa shape index (κ1) is 11.2. The van der Waals surface area contributed by atoms with E-state index in [1.165, 1.54) is 0 Å². The van der Waals surface area contributed by atoms with Crippen LogP contribution in [0.25, 0.3) is 0 Å². The second kappa shape index (κ2) is 3.94. The van der Waals surface area contributed by atoms with Gasteiger partial charge in [-0.2, -0.15) is 13.2 Å². The zero-order valence-electron chi connectivity index (χ0n) is 8.33. The molecule has 0 aromatic heterocycles. The van der Waals surface area contributed by atoms with Crippen molar-refractivity contribution in [1.29, 1.82) is 0 Å². The van der Waals surface area contributed by atoms with Crippen LogP contribution in [0.15, 0.2) is 0 Å². The molecule has 1 heterocycles. The summed E-state index contributed by atoms with van der Waals surface area (Å²) in [6, 6.07) is 0. The Kier molecular flexibility index (Phi) is 2.94. The third-order valence-electron chi connectivity index (χ3n) is 3.67. The van der Waals surface area contributed by atoms with Gasteiger partial charge in [-0.25, -0.2) is 0 Å². The van der Waals surface area contributed by atoms with Crippen molar-refractivity contribution in [3.05, 3.63) is 0 Å². The number of alkyl halides is 3. The summed E-state index contributed by atoms with van der Waals surface area (Å²) < 4.78 is 43.0.